The van der Waals surface area contributed by atoms with Crippen LogP contribution < -0.4 is 16.4 Å². The number of nitrogen functional groups attached to an aromatic ring is 1. The Kier molecular flexibility index (Phi) is 5.26. The quantitative estimate of drug-likeness (QED) is 0.556. The van der Waals surface area contributed by atoms with Crippen LogP contribution in [0.4, 0.5) is 28.7 Å². The molecule has 0 aliphatic rings. The molecule has 0 radical (unpaired) electrons. The monoisotopic (exact) mass is 373 g/mol. The summed E-state index contributed by atoms with van der Waals surface area (Å²) in [7, 11) is 0. The summed E-state index contributed by atoms with van der Waals surface area (Å²) in [5.74, 6) is 1.02. The molecule has 3 aromatic rings. The zero-order valence-electron chi connectivity index (χ0n) is 13.6. The van der Waals surface area contributed by atoms with Crippen LogP contribution in [0, 0.1) is 0 Å². The summed E-state index contributed by atoms with van der Waals surface area (Å²) >= 11 is 12.0. The molecule has 128 valence electrons. The van der Waals surface area contributed by atoms with Crippen molar-refractivity contribution in [3.05, 3.63) is 64.4 Å². The highest BCUT2D eigenvalue weighted by atomic mass is 35.5. The number of halogens is 2. The maximum absolute atomic E-state index is 6.19. The first kappa shape index (κ1) is 17.3. The van der Waals surface area contributed by atoms with Crippen molar-refractivity contribution in [2.24, 2.45) is 0 Å². The summed E-state index contributed by atoms with van der Waals surface area (Å²) < 4.78 is 0. The third kappa shape index (κ3) is 4.13. The van der Waals surface area contributed by atoms with E-state index in [0.717, 1.165) is 17.8 Å². The van der Waals surface area contributed by atoms with Gasteiger partial charge in [-0.1, -0.05) is 42.3 Å². The molecule has 0 fully saturated rings. The van der Waals surface area contributed by atoms with Crippen molar-refractivity contribution in [3.8, 4) is 0 Å². The first-order valence-corrected chi connectivity index (χ1v) is 8.51. The predicted molar refractivity (Wildman–Crippen MR) is 105 cm³/mol. The fourth-order valence-electron chi connectivity index (χ4n) is 2.27. The van der Waals surface area contributed by atoms with Crippen molar-refractivity contribution in [1.82, 2.24) is 9.97 Å². The van der Waals surface area contributed by atoms with E-state index >= 15 is 0 Å². The van der Waals surface area contributed by atoms with E-state index in [2.05, 4.69) is 39.7 Å². The molecule has 4 N–H and O–H groups in total. The van der Waals surface area contributed by atoms with E-state index in [-0.39, 0.29) is 0 Å². The average Bonchev–Trinajstić information content (AvgIpc) is 2.62. The molecule has 1 aromatic heterocycles. The summed E-state index contributed by atoms with van der Waals surface area (Å²) in [4.78, 5) is 8.41. The molecule has 5 nitrogen and oxygen atoms in total. The van der Waals surface area contributed by atoms with Crippen LogP contribution in [0.25, 0.3) is 0 Å². The van der Waals surface area contributed by atoms with Gasteiger partial charge < -0.3 is 16.4 Å². The standard InChI is InChI=1S/C18H17Cl2N5/c1-2-11-3-5-12(6-4-11)24-17-16(21)18(23-10-22-17)25-13-7-8-14(19)15(20)9-13/h3-10H,2,21H2,1H3,(H2,22,23,24,25). The highest BCUT2D eigenvalue weighted by Gasteiger charge is 2.09. The Labute approximate surface area is 156 Å². The molecule has 7 heteroatoms. The number of nitrogens with one attached hydrogen (secondary N) is 2. The van der Waals surface area contributed by atoms with Gasteiger partial charge in [0.2, 0.25) is 0 Å². The minimum Gasteiger partial charge on any atom is -0.393 e. The molecular formula is C18H17Cl2N5. The molecule has 0 saturated carbocycles. The van der Waals surface area contributed by atoms with Crippen molar-refractivity contribution in [1.29, 1.82) is 0 Å². The summed E-state index contributed by atoms with van der Waals surface area (Å²) in [6, 6.07) is 13.3. The number of nitrogens with zero attached hydrogens (tertiary/aromatic N) is 2. The van der Waals surface area contributed by atoms with Crippen LogP contribution in [0.5, 0.6) is 0 Å². The van der Waals surface area contributed by atoms with Gasteiger partial charge in [-0.3, -0.25) is 0 Å². The molecule has 0 bridgehead atoms. The Hall–Kier alpha value is -2.50. The van der Waals surface area contributed by atoms with E-state index in [1.54, 1.807) is 18.2 Å². The highest BCUT2D eigenvalue weighted by Crippen LogP contribution is 2.30. The van der Waals surface area contributed by atoms with Crippen LogP contribution in [-0.2, 0) is 6.42 Å². The van der Waals surface area contributed by atoms with Crippen LogP contribution >= 0.6 is 23.2 Å². The molecule has 0 saturated heterocycles. The third-order valence-corrected chi connectivity index (χ3v) is 4.43. The topological polar surface area (TPSA) is 75.9 Å². The molecule has 0 spiro atoms. The van der Waals surface area contributed by atoms with Gasteiger partial charge in [-0.2, -0.15) is 0 Å². The first-order valence-electron chi connectivity index (χ1n) is 7.75. The largest absolute Gasteiger partial charge is 0.393 e. The predicted octanol–water partition coefficient (Wildman–Crippen LogP) is 5.42. The van der Waals surface area contributed by atoms with Crippen LogP contribution in [-0.4, -0.2) is 9.97 Å². The third-order valence-electron chi connectivity index (χ3n) is 3.69. The second-order valence-electron chi connectivity index (χ2n) is 5.41. The molecule has 3 rings (SSSR count). The van der Waals surface area contributed by atoms with E-state index in [1.807, 2.05) is 12.1 Å². The number of aromatic nitrogens is 2. The zero-order chi connectivity index (χ0) is 17.8. The normalized spacial score (nSPS) is 10.5. The van der Waals surface area contributed by atoms with Crippen LogP contribution in [0.3, 0.4) is 0 Å². The lowest BCUT2D eigenvalue weighted by Gasteiger charge is -2.13. The lowest BCUT2D eigenvalue weighted by molar-refractivity contribution is 1.14. The minimum atomic E-state index is 0.410. The van der Waals surface area contributed by atoms with E-state index in [0.29, 0.717) is 27.4 Å². The molecule has 0 amide bonds. The van der Waals surface area contributed by atoms with E-state index in [9.17, 15) is 0 Å². The molecule has 0 aliphatic carbocycles. The highest BCUT2D eigenvalue weighted by molar-refractivity contribution is 6.42. The lowest BCUT2D eigenvalue weighted by atomic mass is 10.1. The molecular weight excluding hydrogens is 357 g/mol. The van der Waals surface area contributed by atoms with Gasteiger partial charge in [0.15, 0.2) is 11.6 Å². The summed E-state index contributed by atoms with van der Waals surface area (Å²) in [6.07, 6.45) is 2.44. The van der Waals surface area contributed by atoms with Crippen molar-refractivity contribution in [2.45, 2.75) is 13.3 Å². The average molecular weight is 374 g/mol. The van der Waals surface area contributed by atoms with Crippen molar-refractivity contribution in [2.75, 3.05) is 16.4 Å². The minimum absolute atomic E-state index is 0.410. The van der Waals surface area contributed by atoms with Gasteiger partial charge in [0, 0.05) is 11.4 Å². The van der Waals surface area contributed by atoms with E-state index in [1.165, 1.54) is 11.9 Å². The Bertz CT molecular complexity index is 881. The maximum atomic E-state index is 6.19. The van der Waals surface area contributed by atoms with Gasteiger partial charge >= 0.3 is 0 Å². The second-order valence-corrected chi connectivity index (χ2v) is 6.23. The first-order chi connectivity index (χ1) is 12.1. The Morgan fingerprint density at radius 3 is 2.08 bits per heavy atom. The number of anilines is 5. The summed E-state index contributed by atoms with van der Waals surface area (Å²) in [5, 5.41) is 7.27. The fourth-order valence-corrected chi connectivity index (χ4v) is 2.56. The lowest BCUT2D eigenvalue weighted by Crippen LogP contribution is -2.05. The molecule has 0 aliphatic heterocycles. The van der Waals surface area contributed by atoms with Crippen molar-refractivity contribution < 1.29 is 0 Å². The number of rotatable bonds is 5. The van der Waals surface area contributed by atoms with Crippen molar-refractivity contribution >= 4 is 51.9 Å². The smallest absolute Gasteiger partial charge is 0.159 e. The molecule has 2 aromatic carbocycles. The van der Waals surface area contributed by atoms with E-state index in [4.69, 9.17) is 28.9 Å². The number of benzene rings is 2. The van der Waals surface area contributed by atoms with Gasteiger partial charge in [-0.25, -0.2) is 9.97 Å². The Balaban J connectivity index is 1.82. The maximum Gasteiger partial charge on any atom is 0.159 e. The second kappa shape index (κ2) is 7.59. The van der Waals surface area contributed by atoms with Gasteiger partial charge in [0.1, 0.15) is 12.0 Å². The Morgan fingerprint density at radius 2 is 1.48 bits per heavy atom. The SMILES string of the molecule is CCc1ccc(Nc2ncnc(Nc3ccc(Cl)c(Cl)c3)c2N)cc1. The van der Waals surface area contributed by atoms with Crippen molar-refractivity contribution in [3.63, 3.8) is 0 Å². The molecule has 25 heavy (non-hydrogen) atoms. The molecule has 0 unspecified atom stereocenters. The Morgan fingerprint density at radius 1 is 0.880 bits per heavy atom. The molecule has 0 atom stereocenters. The number of aryl methyl sites for hydroxylation is 1. The summed E-state index contributed by atoms with van der Waals surface area (Å²) in [6.45, 7) is 2.12. The van der Waals surface area contributed by atoms with Crippen LogP contribution in [0.2, 0.25) is 10.0 Å². The number of hydrogen-bond donors (Lipinski definition) is 3. The van der Waals surface area contributed by atoms with E-state index < -0.39 is 0 Å². The number of hydrogen-bond acceptors (Lipinski definition) is 5. The number of nitrogens with two attached hydrogens (primary N) is 1. The molecule has 1 heterocycles. The summed E-state index contributed by atoms with van der Waals surface area (Å²) in [5.41, 5.74) is 9.51. The van der Waals surface area contributed by atoms with Gasteiger partial charge in [-0.05, 0) is 42.3 Å². The van der Waals surface area contributed by atoms with Gasteiger partial charge in [0.25, 0.3) is 0 Å². The van der Waals surface area contributed by atoms with Crippen LogP contribution in [0.1, 0.15) is 12.5 Å². The van der Waals surface area contributed by atoms with Crippen LogP contribution in [0.15, 0.2) is 48.8 Å². The zero-order valence-corrected chi connectivity index (χ0v) is 15.1. The van der Waals surface area contributed by atoms with Gasteiger partial charge in [0.05, 0.1) is 10.0 Å². The fraction of sp³-hybridized carbons (Fsp3) is 0.111. The van der Waals surface area contributed by atoms with Gasteiger partial charge in [-0.15, -0.1) is 0 Å².